The summed E-state index contributed by atoms with van der Waals surface area (Å²) in [5.41, 5.74) is 14.7. The van der Waals surface area contributed by atoms with Crippen molar-refractivity contribution in [1.29, 1.82) is 0 Å². The van der Waals surface area contributed by atoms with E-state index in [0.29, 0.717) is 17.5 Å². The largest absolute Gasteiger partial charge is 0.456 e. The minimum Gasteiger partial charge on any atom is -0.456 e. The molecule has 7 nitrogen and oxygen atoms in total. The molecule has 326 valence electrons. The maximum atomic E-state index is 6.70. The van der Waals surface area contributed by atoms with Gasteiger partial charge in [-0.25, -0.2) is 15.0 Å². The number of para-hydroxylation sites is 4. The van der Waals surface area contributed by atoms with Crippen LogP contribution in [0.3, 0.4) is 0 Å². The van der Waals surface area contributed by atoms with Crippen LogP contribution in [0.25, 0.3) is 144 Å². The van der Waals surface area contributed by atoms with E-state index in [2.05, 4.69) is 191 Å². The van der Waals surface area contributed by atoms with Gasteiger partial charge in [-0.05, 0) is 83.9 Å². The zero-order chi connectivity index (χ0) is 45.9. The van der Waals surface area contributed by atoms with Gasteiger partial charge in [0.25, 0.3) is 0 Å². The minimum atomic E-state index is 0.562. The fourth-order valence-corrected chi connectivity index (χ4v) is 10.9. The maximum absolute atomic E-state index is 6.70. The van der Waals surface area contributed by atoms with E-state index in [-0.39, 0.29) is 0 Å². The molecule has 0 atom stereocenters. The molecule has 70 heavy (non-hydrogen) atoms. The van der Waals surface area contributed by atoms with Crippen molar-refractivity contribution in [2.75, 3.05) is 0 Å². The number of rotatable bonds is 6. The van der Waals surface area contributed by atoms with Gasteiger partial charge >= 0.3 is 0 Å². The first-order chi connectivity index (χ1) is 34.7. The van der Waals surface area contributed by atoms with Crippen LogP contribution in [0, 0.1) is 0 Å². The van der Waals surface area contributed by atoms with E-state index in [9.17, 15) is 0 Å². The molecule has 0 fully saturated rings. The van der Waals surface area contributed by atoms with Crippen LogP contribution in [0.1, 0.15) is 0 Å². The van der Waals surface area contributed by atoms with E-state index in [1.165, 1.54) is 21.5 Å². The Bertz CT molecular complexity index is 4510. The molecule has 0 radical (unpaired) electrons. The number of hydrogen-bond donors (Lipinski definition) is 0. The van der Waals surface area contributed by atoms with Gasteiger partial charge in [0.2, 0.25) is 0 Å². The third-order valence-electron chi connectivity index (χ3n) is 14.0. The SMILES string of the molecule is c1ccc(-c2nc(-c3cccc(-n4c5ccccc5c5ccccc54)c3)nc(-c3cccc4oc5ccc(-c6cccc7oc8cc(-n9c%10ccccc%10c%10ccccc%109)ccc8c67)cc5c34)n2)cc1. The Morgan fingerprint density at radius 1 is 0.271 bits per heavy atom. The normalized spacial score (nSPS) is 12.0. The predicted molar refractivity (Wildman–Crippen MR) is 285 cm³/mol. The number of benzene rings is 10. The van der Waals surface area contributed by atoms with Gasteiger partial charge < -0.3 is 18.0 Å². The molecule has 0 saturated carbocycles. The molecule has 7 heteroatoms. The number of aromatic nitrogens is 5. The molecule has 0 aliphatic heterocycles. The van der Waals surface area contributed by atoms with Crippen LogP contribution in [0.2, 0.25) is 0 Å². The lowest BCUT2D eigenvalue weighted by molar-refractivity contribution is 0.668. The molecule has 15 aromatic rings. The Balaban J connectivity index is 0.883. The second-order valence-electron chi connectivity index (χ2n) is 17.9. The first kappa shape index (κ1) is 38.5. The van der Waals surface area contributed by atoms with Crippen LogP contribution < -0.4 is 0 Å². The maximum Gasteiger partial charge on any atom is 0.164 e. The fourth-order valence-electron chi connectivity index (χ4n) is 10.9. The standard InChI is InChI=1S/C63H37N5O2/c1-2-15-38(16-3-1)61-64-62(40-17-12-18-41(35-40)67-51-25-8-4-19-44(51)45-20-5-9-26-52(45)67)66-63(65-61)49-24-14-30-57-60(49)50-36-39(31-34-55(50)69-57)43-23-13-29-56-59(43)48-33-32-42(37-58(48)70-56)68-53-27-10-6-21-46(53)47-22-7-11-28-54(47)68/h1-37H. The Morgan fingerprint density at radius 2 is 0.771 bits per heavy atom. The van der Waals surface area contributed by atoms with Gasteiger partial charge in [-0.3, -0.25) is 0 Å². The molecule has 15 rings (SSSR count). The van der Waals surface area contributed by atoms with Gasteiger partial charge in [0, 0.05) is 77.2 Å². The van der Waals surface area contributed by atoms with Crippen LogP contribution >= 0.6 is 0 Å². The van der Waals surface area contributed by atoms with Gasteiger partial charge in [0.05, 0.1) is 22.1 Å². The molecule has 5 heterocycles. The van der Waals surface area contributed by atoms with Crippen molar-refractivity contribution in [2.24, 2.45) is 0 Å². The quantitative estimate of drug-likeness (QED) is 0.166. The van der Waals surface area contributed by atoms with Gasteiger partial charge in [0.1, 0.15) is 22.3 Å². The van der Waals surface area contributed by atoms with Gasteiger partial charge in [0.15, 0.2) is 17.5 Å². The lowest BCUT2D eigenvalue weighted by atomic mass is 9.97. The summed E-state index contributed by atoms with van der Waals surface area (Å²) in [6.07, 6.45) is 0. The van der Waals surface area contributed by atoms with Crippen molar-refractivity contribution < 1.29 is 8.83 Å². The molecule has 10 aromatic carbocycles. The monoisotopic (exact) mass is 895 g/mol. The summed E-state index contributed by atoms with van der Waals surface area (Å²) in [6, 6.07) is 78.4. The lowest BCUT2D eigenvalue weighted by Gasteiger charge is -2.12. The Labute approximate surface area is 399 Å². The van der Waals surface area contributed by atoms with Crippen molar-refractivity contribution in [3.8, 4) is 56.7 Å². The second kappa shape index (κ2) is 15.0. The van der Waals surface area contributed by atoms with E-state index in [0.717, 1.165) is 105 Å². The third kappa shape index (κ3) is 5.79. The van der Waals surface area contributed by atoms with Gasteiger partial charge in [-0.2, -0.15) is 0 Å². The van der Waals surface area contributed by atoms with Crippen LogP contribution in [-0.2, 0) is 0 Å². The van der Waals surface area contributed by atoms with Crippen LogP contribution in [0.15, 0.2) is 233 Å². The smallest absolute Gasteiger partial charge is 0.164 e. The molecule has 0 aliphatic carbocycles. The van der Waals surface area contributed by atoms with Crippen molar-refractivity contribution in [1.82, 2.24) is 24.1 Å². The summed E-state index contributed by atoms with van der Waals surface area (Å²) in [6.45, 7) is 0. The molecular weight excluding hydrogens is 859 g/mol. The fraction of sp³-hybridized carbons (Fsp3) is 0. The molecule has 0 unspecified atom stereocenters. The predicted octanol–water partition coefficient (Wildman–Crippen LogP) is 16.5. The van der Waals surface area contributed by atoms with E-state index >= 15 is 0 Å². The summed E-state index contributed by atoms with van der Waals surface area (Å²) < 4.78 is 18.0. The average molecular weight is 896 g/mol. The molecule has 0 spiro atoms. The highest BCUT2D eigenvalue weighted by molar-refractivity contribution is 6.17. The van der Waals surface area contributed by atoms with E-state index in [1.807, 2.05) is 42.5 Å². The molecule has 0 bridgehead atoms. The highest BCUT2D eigenvalue weighted by atomic mass is 16.3. The zero-order valence-corrected chi connectivity index (χ0v) is 37.4. The molecule has 5 aromatic heterocycles. The second-order valence-corrected chi connectivity index (χ2v) is 17.9. The number of hydrogen-bond acceptors (Lipinski definition) is 5. The first-order valence-electron chi connectivity index (χ1n) is 23.5. The van der Waals surface area contributed by atoms with Crippen LogP contribution in [-0.4, -0.2) is 24.1 Å². The van der Waals surface area contributed by atoms with Crippen molar-refractivity contribution >= 4 is 87.5 Å². The molecule has 0 aliphatic rings. The van der Waals surface area contributed by atoms with E-state index in [4.69, 9.17) is 23.8 Å². The Hall–Kier alpha value is -9.59. The van der Waals surface area contributed by atoms with Gasteiger partial charge in [-0.15, -0.1) is 0 Å². The lowest BCUT2D eigenvalue weighted by Crippen LogP contribution is -2.01. The summed E-state index contributed by atoms with van der Waals surface area (Å²) in [4.78, 5) is 15.7. The summed E-state index contributed by atoms with van der Waals surface area (Å²) in [5, 5.41) is 8.90. The summed E-state index contributed by atoms with van der Waals surface area (Å²) in [5.74, 6) is 1.73. The molecule has 0 saturated heterocycles. The Morgan fingerprint density at radius 3 is 1.41 bits per heavy atom. The first-order valence-corrected chi connectivity index (χ1v) is 23.5. The van der Waals surface area contributed by atoms with Gasteiger partial charge in [-0.1, -0.05) is 146 Å². The van der Waals surface area contributed by atoms with Crippen LogP contribution in [0.5, 0.6) is 0 Å². The topological polar surface area (TPSA) is 74.8 Å². The van der Waals surface area contributed by atoms with E-state index in [1.54, 1.807) is 0 Å². The zero-order valence-electron chi connectivity index (χ0n) is 37.4. The molecular formula is C63H37N5O2. The van der Waals surface area contributed by atoms with Crippen molar-refractivity contribution in [2.45, 2.75) is 0 Å². The minimum absolute atomic E-state index is 0.562. The number of nitrogens with zero attached hydrogens (tertiary/aromatic N) is 5. The number of furan rings is 2. The highest BCUT2D eigenvalue weighted by Gasteiger charge is 2.21. The van der Waals surface area contributed by atoms with E-state index < -0.39 is 0 Å². The highest BCUT2D eigenvalue weighted by Crippen LogP contribution is 2.43. The summed E-state index contributed by atoms with van der Waals surface area (Å²) >= 11 is 0. The Kier molecular flexibility index (Phi) is 8.23. The summed E-state index contributed by atoms with van der Waals surface area (Å²) in [7, 11) is 0. The third-order valence-corrected chi connectivity index (χ3v) is 14.0. The molecule has 0 N–H and O–H groups in total. The number of fused-ring (bicyclic) bond motifs is 12. The van der Waals surface area contributed by atoms with Crippen molar-refractivity contribution in [3.63, 3.8) is 0 Å². The average Bonchev–Trinajstić information content (AvgIpc) is 4.18. The van der Waals surface area contributed by atoms with Crippen LogP contribution in [0.4, 0.5) is 0 Å². The molecule has 0 amide bonds. The van der Waals surface area contributed by atoms with Crippen molar-refractivity contribution in [3.05, 3.63) is 224 Å².